The first-order valence-electron chi connectivity index (χ1n) is 8.49. The first-order chi connectivity index (χ1) is 10.1. The molecule has 0 rings (SSSR count). The Morgan fingerprint density at radius 3 is 2.10 bits per heavy atom. The van der Waals surface area contributed by atoms with Gasteiger partial charge in [-0.15, -0.1) is 0 Å². The molecule has 0 bridgehead atoms. The molecule has 0 amide bonds. The van der Waals surface area contributed by atoms with Crippen LogP contribution in [0.2, 0.25) is 0 Å². The number of hydrogen-bond acceptors (Lipinski definition) is 4. The van der Waals surface area contributed by atoms with Crippen LogP contribution in [-0.2, 0) is 19.1 Å². The molecule has 0 fully saturated rings. The minimum Gasteiger partial charge on any atom is -0.466 e. The van der Waals surface area contributed by atoms with Crippen LogP contribution < -0.4 is 0 Å². The van der Waals surface area contributed by atoms with Gasteiger partial charge < -0.3 is 9.47 Å². The van der Waals surface area contributed by atoms with E-state index >= 15 is 0 Å². The number of ether oxygens (including phenoxy) is 2. The lowest BCUT2D eigenvalue weighted by atomic mass is 10.1. The summed E-state index contributed by atoms with van der Waals surface area (Å²) in [6.45, 7) is 6.73. The summed E-state index contributed by atoms with van der Waals surface area (Å²) in [4.78, 5) is 23.1. The van der Waals surface area contributed by atoms with Crippen LogP contribution >= 0.6 is 0 Å². The van der Waals surface area contributed by atoms with Crippen molar-refractivity contribution in [2.45, 2.75) is 91.1 Å². The molecule has 0 aromatic carbocycles. The van der Waals surface area contributed by atoms with Crippen molar-refractivity contribution in [1.29, 1.82) is 0 Å². The van der Waals surface area contributed by atoms with Crippen LogP contribution in [0.25, 0.3) is 0 Å². The van der Waals surface area contributed by atoms with Crippen LogP contribution in [0, 0.1) is 0 Å². The first kappa shape index (κ1) is 19.9. The van der Waals surface area contributed by atoms with Crippen molar-refractivity contribution < 1.29 is 19.1 Å². The van der Waals surface area contributed by atoms with Gasteiger partial charge in [0.05, 0.1) is 19.4 Å². The number of hydrogen-bond donors (Lipinski definition) is 0. The summed E-state index contributed by atoms with van der Waals surface area (Å²) < 4.78 is 10.5. The average molecular weight is 300 g/mol. The number of rotatable bonds is 13. The Morgan fingerprint density at radius 2 is 1.48 bits per heavy atom. The average Bonchev–Trinajstić information content (AvgIpc) is 2.48. The number of esters is 2. The predicted molar refractivity (Wildman–Crippen MR) is 84.0 cm³/mol. The molecule has 0 aromatic rings. The van der Waals surface area contributed by atoms with Crippen LogP contribution in [0.4, 0.5) is 0 Å². The number of carbonyl (C=O) groups excluding carboxylic acids is 2. The summed E-state index contributed by atoms with van der Waals surface area (Å²) in [6, 6.07) is 0. The highest BCUT2D eigenvalue weighted by Crippen LogP contribution is 2.11. The normalized spacial score (nSPS) is 12.0. The van der Waals surface area contributed by atoms with E-state index in [4.69, 9.17) is 9.47 Å². The molecule has 0 spiro atoms. The molecule has 4 heteroatoms. The van der Waals surface area contributed by atoms with E-state index in [2.05, 4.69) is 13.8 Å². The molecular formula is C17H32O4. The lowest BCUT2D eigenvalue weighted by molar-refractivity contribution is -0.154. The molecule has 0 aliphatic heterocycles. The zero-order chi connectivity index (χ0) is 15.9. The molecule has 21 heavy (non-hydrogen) atoms. The minimum absolute atomic E-state index is 0.00961. The summed E-state index contributed by atoms with van der Waals surface area (Å²) in [5.41, 5.74) is 0. The highest BCUT2D eigenvalue weighted by atomic mass is 16.5. The molecule has 0 saturated heterocycles. The van der Waals surface area contributed by atoms with Gasteiger partial charge in [0.25, 0.3) is 0 Å². The SMILES string of the molecule is CCCCCOC(=O)CCC(=O)OC(CC)CCCCC. The summed E-state index contributed by atoms with van der Waals surface area (Å²) in [5, 5.41) is 0. The smallest absolute Gasteiger partial charge is 0.306 e. The maximum Gasteiger partial charge on any atom is 0.306 e. The molecule has 0 heterocycles. The molecule has 0 aromatic heterocycles. The monoisotopic (exact) mass is 300 g/mol. The van der Waals surface area contributed by atoms with Crippen LogP contribution in [0.15, 0.2) is 0 Å². The highest BCUT2D eigenvalue weighted by molar-refractivity contribution is 5.77. The van der Waals surface area contributed by atoms with Crippen molar-refractivity contribution in [3.05, 3.63) is 0 Å². The Bertz CT molecular complexity index is 276. The fraction of sp³-hybridized carbons (Fsp3) is 0.882. The molecule has 4 nitrogen and oxygen atoms in total. The third-order valence-electron chi connectivity index (χ3n) is 3.43. The molecule has 0 radical (unpaired) electrons. The Hall–Kier alpha value is -1.06. The van der Waals surface area contributed by atoms with Crippen molar-refractivity contribution in [1.82, 2.24) is 0 Å². The van der Waals surface area contributed by atoms with Gasteiger partial charge in [-0.1, -0.05) is 46.5 Å². The minimum atomic E-state index is -0.304. The van der Waals surface area contributed by atoms with E-state index in [1.165, 1.54) is 0 Å². The molecule has 0 saturated carbocycles. The van der Waals surface area contributed by atoms with Gasteiger partial charge in [0.15, 0.2) is 0 Å². The Morgan fingerprint density at radius 1 is 0.857 bits per heavy atom. The first-order valence-corrected chi connectivity index (χ1v) is 8.49. The molecule has 1 atom stereocenters. The van der Waals surface area contributed by atoms with Crippen molar-refractivity contribution in [2.75, 3.05) is 6.61 Å². The fourth-order valence-electron chi connectivity index (χ4n) is 2.03. The third kappa shape index (κ3) is 12.4. The molecule has 1 unspecified atom stereocenters. The molecule has 0 aliphatic carbocycles. The predicted octanol–water partition coefficient (Wildman–Crippen LogP) is 4.40. The van der Waals surface area contributed by atoms with Crippen LogP contribution in [0.1, 0.15) is 85.0 Å². The summed E-state index contributed by atoms with van der Waals surface area (Å²) in [7, 11) is 0. The van der Waals surface area contributed by atoms with Gasteiger partial charge in [0.1, 0.15) is 6.10 Å². The van der Waals surface area contributed by atoms with Gasteiger partial charge in [0, 0.05) is 0 Å². The van der Waals surface area contributed by atoms with E-state index in [1.807, 2.05) is 6.92 Å². The zero-order valence-electron chi connectivity index (χ0n) is 14.0. The quantitative estimate of drug-likeness (QED) is 0.373. The van der Waals surface area contributed by atoms with Crippen molar-refractivity contribution >= 4 is 11.9 Å². The molecular weight excluding hydrogens is 268 g/mol. The number of carbonyl (C=O) groups is 2. The maximum absolute atomic E-state index is 11.7. The lowest BCUT2D eigenvalue weighted by Crippen LogP contribution is -2.18. The third-order valence-corrected chi connectivity index (χ3v) is 3.43. The maximum atomic E-state index is 11.7. The largest absolute Gasteiger partial charge is 0.466 e. The summed E-state index contributed by atoms with van der Waals surface area (Å²) in [6.07, 6.45) is 8.44. The summed E-state index contributed by atoms with van der Waals surface area (Å²) in [5.74, 6) is -0.592. The fourth-order valence-corrected chi connectivity index (χ4v) is 2.03. The van der Waals surface area contributed by atoms with Gasteiger partial charge in [-0.05, 0) is 25.7 Å². The zero-order valence-corrected chi connectivity index (χ0v) is 14.0. The van der Waals surface area contributed by atoms with Crippen LogP contribution in [-0.4, -0.2) is 24.6 Å². The van der Waals surface area contributed by atoms with Crippen molar-refractivity contribution in [3.63, 3.8) is 0 Å². The van der Waals surface area contributed by atoms with E-state index in [0.717, 1.165) is 51.4 Å². The van der Waals surface area contributed by atoms with Crippen LogP contribution in [0.3, 0.4) is 0 Å². The van der Waals surface area contributed by atoms with Gasteiger partial charge in [0.2, 0.25) is 0 Å². The topological polar surface area (TPSA) is 52.6 Å². The Labute approximate surface area is 129 Å². The van der Waals surface area contributed by atoms with E-state index < -0.39 is 0 Å². The van der Waals surface area contributed by atoms with Crippen LogP contribution in [0.5, 0.6) is 0 Å². The lowest BCUT2D eigenvalue weighted by Gasteiger charge is -2.15. The van der Waals surface area contributed by atoms with Gasteiger partial charge >= 0.3 is 11.9 Å². The molecule has 0 N–H and O–H groups in total. The van der Waals surface area contributed by atoms with Crippen molar-refractivity contribution in [3.8, 4) is 0 Å². The van der Waals surface area contributed by atoms with Gasteiger partial charge in [-0.2, -0.15) is 0 Å². The molecule has 0 aliphatic rings. The number of unbranched alkanes of at least 4 members (excludes halogenated alkanes) is 4. The highest BCUT2D eigenvalue weighted by Gasteiger charge is 2.14. The summed E-state index contributed by atoms with van der Waals surface area (Å²) >= 11 is 0. The van der Waals surface area contributed by atoms with Crippen molar-refractivity contribution in [2.24, 2.45) is 0 Å². The Kier molecular flexibility index (Phi) is 13.2. The second-order valence-corrected chi connectivity index (χ2v) is 5.44. The van der Waals surface area contributed by atoms with E-state index in [-0.39, 0.29) is 30.9 Å². The molecule has 124 valence electrons. The standard InChI is InChI=1S/C17H32O4/c1-4-7-9-11-15(6-3)21-17(19)13-12-16(18)20-14-10-8-5-2/h15H,4-14H2,1-3H3. The van der Waals surface area contributed by atoms with E-state index in [9.17, 15) is 9.59 Å². The Balaban J connectivity index is 3.73. The second-order valence-electron chi connectivity index (χ2n) is 5.44. The second kappa shape index (κ2) is 13.9. The van der Waals surface area contributed by atoms with E-state index in [0.29, 0.717) is 6.61 Å². The van der Waals surface area contributed by atoms with E-state index in [1.54, 1.807) is 0 Å². The van der Waals surface area contributed by atoms with Gasteiger partial charge in [-0.3, -0.25) is 9.59 Å². The van der Waals surface area contributed by atoms with Gasteiger partial charge in [-0.25, -0.2) is 0 Å².